The van der Waals surface area contributed by atoms with Crippen molar-refractivity contribution in [1.82, 2.24) is 4.72 Å². The van der Waals surface area contributed by atoms with Gasteiger partial charge in [0.1, 0.15) is 10.7 Å². The molecule has 3 atom stereocenters. The van der Waals surface area contributed by atoms with Crippen LogP contribution in [0.4, 0.5) is 4.39 Å². The Morgan fingerprint density at radius 1 is 1.40 bits per heavy atom. The van der Waals surface area contributed by atoms with Crippen LogP contribution in [0.25, 0.3) is 0 Å². The number of sulfonamides is 1. The maximum absolute atomic E-state index is 13.9. The molecule has 1 aromatic rings. The topological polar surface area (TPSA) is 81.4 Å². The van der Waals surface area contributed by atoms with Gasteiger partial charge in [-0.2, -0.15) is 0 Å². The molecular formula is C13H17FN2O3S. The number of hydrogen-bond acceptors (Lipinski definition) is 4. The Hall–Kier alpha value is -1.02. The first-order valence-electron chi connectivity index (χ1n) is 6.66. The quantitative estimate of drug-likeness (QED) is 0.865. The number of rotatable bonds is 4. The van der Waals surface area contributed by atoms with E-state index in [1.54, 1.807) is 0 Å². The van der Waals surface area contributed by atoms with Gasteiger partial charge in [0.15, 0.2) is 0 Å². The Balaban J connectivity index is 1.81. The molecule has 0 radical (unpaired) electrons. The fourth-order valence-electron chi connectivity index (χ4n) is 2.91. The van der Waals surface area contributed by atoms with Crippen molar-refractivity contribution in [3.05, 3.63) is 29.6 Å². The van der Waals surface area contributed by atoms with Gasteiger partial charge in [0, 0.05) is 6.54 Å². The Labute approximate surface area is 117 Å². The summed E-state index contributed by atoms with van der Waals surface area (Å²) < 4.78 is 46.5. The van der Waals surface area contributed by atoms with Gasteiger partial charge in [0.05, 0.1) is 18.2 Å². The molecule has 110 valence electrons. The molecule has 3 N–H and O–H groups in total. The van der Waals surface area contributed by atoms with Gasteiger partial charge in [-0.3, -0.25) is 0 Å². The van der Waals surface area contributed by atoms with Crippen molar-refractivity contribution < 1.29 is 17.5 Å². The van der Waals surface area contributed by atoms with E-state index in [0.29, 0.717) is 12.0 Å². The molecule has 5 nitrogen and oxygen atoms in total. The van der Waals surface area contributed by atoms with Crippen LogP contribution in [0.2, 0.25) is 0 Å². The second kappa shape index (κ2) is 5.07. The predicted octanol–water partition coefficient (Wildman–Crippen LogP) is 0.883. The fourth-order valence-corrected chi connectivity index (χ4v) is 4.25. The van der Waals surface area contributed by atoms with E-state index in [1.807, 2.05) is 0 Å². The molecular weight excluding hydrogens is 283 g/mol. The van der Waals surface area contributed by atoms with Crippen LogP contribution in [0.1, 0.15) is 24.8 Å². The first-order valence-corrected chi connectivity index (χ1v) is 8.14. The molecule has 2 fully saturated rings. The second-order valence-electron chi connectivity index (χ2n) is 5.31. The van der Waals surface area contributed by atoms with Crippen LogP contribution >= 0.6 is 0 Å². The van der Waals surface area contributed by atoms with Crippen molar-refractivity contribution in [2.75, 3.05) is 0 Å². The standard InChI is InChI=1S/C13H17FN2O3S/c14-10-5-8(7-15)1-4-13(10)20(17,18)16-11-6-9-2-3-12(11)19-9/h1,4-5,9,11-12,16H,2-3,6-7,15H2. The monoisotopic (exact) mass is 300 g/mol. The fraction of sp³-hybridized carbons (Fsp3) is 0.538. The largest absolute Gasteiger partial charge is 0.373 e. The maximum Gasteiger partial charge on any atom is 0.243 e. The summed E-state index contributed by atoms with van der Waals surface area (Å²) in [7, 11) is -3.87. The summed E-state index contributed by atoms with van der Waals surface area (Å²) in [4.78, 5) is -0.336. The van der Waals surface area contributed by atoms with Crippen molar-refractivity contribution in [3.8, 4) is 0 Å². The number of fused-ring (bicyclic) bond motifs is 2. The molecule has 2 aliphatic rings. The van der Waals surface area contributed by atoms with Crippen LogP contribution in [0.15, 0.2) is 23.1 Å². The third-order valence-corrected chi connectivity index (χ3v) is 5.46. The zero-order valence-corrected chi connectivity index (χ0v) is 11.7. The third kappa shape index (κ3) is 2.46. The van der Waals surface area contributed by atoms with E-state index in [9.17, 15) is 12.8 Å². The first-order chi connectivity index (χ1) is 9.49. The number of halogens is 1. The molecule has 2 bridgehead atoms. The molecule has 0 aliphatic carbocycles. The van der Waals surface area contributed by atoms with E-state index < -0.39 is 15.8 Å². The SMILES string of the molecule is NCc1ccc(S(=O)(=O)NC2CC3CCC2O3)c(F)c1. The van der Waals surface area contributed by atoms with Crippen LogP contribution in [0.5, 0.6) is 0 Å². The van der Waals surface area contributed by atoms with Gasteiger partial charge in [0.2, 0.25) is 10.0 Å². The molecule has 0 saturated carbocycles. The van der Waals surface area contributed by atoms with Crippen molar-refractivity contribution in [1.29, 1.82) is 0 Å². The van der Waals surface area contributed by atoms with E-state index in [2.05, 4.69) is 4.72 Å². The molecule has 2 aliphatic heterocycles. The molecule has 3 unspecified atom stereocenters. The van der Waals surface area contributed by atoms with Crippen molar-refractivity contribution in [2.45, 2.75) is 49.0 Å². The summed E-state index contributed by atoms with van der Waals surface area (Å²) in [5.74, 6) is -0.774. The van der Waals surface area contributed by atoms with E-state index in [0.717, 1.165) is 18.9 Å². The maximum atomic E-state index is 13.9. The summed E-state index contributed by atoms with van der Waals surface area (Å²) in [5, 5.41) is 0. The summed E-state index contributed by atoms with van der Waals surface area (Å²) in [6, 6.07) is 3.68. The van der Waals surface area contributed by atoms with E-state index in [4.69, 9.17) is 10.5 Å². The third-order valence-electron chi connectivity index (χ3n) is 3.93. The lowest BCUT2D eigenvalue weighted by Gasteiger charge is -2.20. The minimum atomic E-state index is -3.87. The highest BCUT2D eigenvalue weighted by molar-refractivity contribution is 7.89. The predicted molar refractivity (Wildman–Crippen MR) is 70.9 cm³/mol. The summed E-state index contributed by atoms with van der Waals surface area (Å²) in [5.41, 5.74) is 5.96. The molecule has 0 amide bonds. The van der Waals surface area contributed by atoms with Gasteiger partial charge in [-0.25, -0.2) is 17.5 Å². The van der Waals surface area contributed by atoms with Gasteiger partial charge in [0.25, 0.3) is 0 Å². The van der Waals surface area contributed by atoms with Gasteiger partial charge in [-0.15, -0.1) is 0 Å². The van der Waals surface area contributed by atoms with Crippen molar-refractivity contribution in [3.63, 3.8) is 0 Å². The lowest BCUT2D eigenvalue weighted by molar-refractivity contribution is 0.0996. The number of benzene rings is 1. The Kier molecular flexibility index (Phi) is 3.53. The van der Waals surface area contributed by atoms with E-state index in [1.165, 1.54) is 12.1 Å². The first kappa shape index (κ1) is 13.9. The van der Waals surface area contributed by atoms with Gasteiger partial charge in [-0.05, 0) is 37.0 Å². The number of nitrogens with one attached hydrogen (secondary N) is 1. The van der Waals surface area contributed by atoms with Crippen molar-refractivity contribution >= 4 is 10.0 Å². The molecule has 3 rings (SSSR count). The highest BCUT2D eigenvalue weighted by Gasteiger charge is 2.42. The van der Waals surface area contributed by atoms with Crippen LogP contribution in [0.3, 0.4) is 0 Å². The van der Waals surface area contributed by atoms with Crippen LogP contribution in [0, 0.1) is 5.82 Å². The molecule has 1 aromatic carbocycles. The Bertz CT molecular complexity index is 620. The van der Waals surface area contributed by atoms with E-state index >= 15 is 0 Å². The Morgan fingerprint density at radius 2 is 2.20 bits per heavy atom. The molecule has 2 saturated heterocycles. The number of ether oxygens (including phenoxy) is 1. The van der Waals surface area contributed by atoms with Crippen LogP contribution in [-0.4, -0.2) is 26.7 Å². The minimum absolute atomic E-state index is 0.0823. The molecule has 2 heterocycles. The summed E-state index contributed by atoms with van der Waals surface area (Å²) >= 11 is 0. The molecule has 20 heavy (non-hydrogen) atoms. The second-order valence-corrected chi connectivity index (χ2v) is 6.99. The van der Waals surface area contributed by atoms with Gasteiger partial charge < -0.3 is 10.5 Å². The minimum Gasteiger partial charge on any atom is -0.373 e. The average Bonchev–Trinajstić information content (AvgIpc) is 2.99. The lowest BCUT2D eigenvalue weighted by atomic mass is 9.96. The number of nitrogens with two attached hydrogens (primary N) is 1. The highest BCUT2D eigenvalue weighted by Crippen LogP contribution is 2.35. The molecule has 7 heteroatoms. The Morgan fingerprint density at radius 3 is 2.75 bits per heavy atom. The summed E-state index contributed by atoms with van der Waals surface area (Å²) in [6.45, 7) is 0.172. The van der Waals surface area contributed by atoms with Gasteiger partial charge >= 0.3 is 0 Å². The van der Waals surface area contributed by atoms with E-state index in [-0.39, 0.29) is 29.7 Å². The molecule has 0 aromatic heterocycles. The highest BCUT2D eigenvalue weighted by atomic mass is 32.2. The smallest absolute Gasteiger partial charge is 0.243 e. The zero-order chi connectivity index (χ0) is 14.3. The normalized spacial score (nSPS) is 29.0. The van der Waals surface area contributed by atoms with Gasteiger partial charge in [-0.1, -0.05) is 6.07 Å². The zero-order valence-electron chi connectivity index (χ0n) is 10.9. The van der Waals surface area contributed by atoms with Crippen LogP contribution in [-0.2, 0) is 21.3 Å². The molecule has 0 spiro atoms. The summed E-state index contributed by atoms with van der Waals surface area (Å²) in [6.07, 6.45) is 2.54. The average molecular weight is 300 g/mol. The lowest BCUT2D eigenvalue weighted by Crippen LogP contribution is -2.41. The van der Waals surface area contributed by atoms with Crippen LogP contribution < -0.4 is 10.5 Å². The van der Waals surface area contributed by atoms with Crippen molar-refractivity contribution in [2.24, 2.45) is 5.73 Å². The number of hydrogen-bond donors (Lipinski definition) is 2.